The molecule has 0 spiro atoms. The molecule has 5 heteroatoms. The molecular formula is C10H6Cl2NOS. The third-order valence-corrected chi connectivity index (χ3v) is 3.04. The molecule has 1 radical (unpaired) electrons. The molecule has 0 unspecified atom stereocenters. The Kier molecular flexibility index (Phi) is 3.46. The number of hydrogen-bond donors (Lipinski definition) is 0. The van der Waals surface area contributed by atoms with Crippen LogP contribution in [0.2, 0.25) is 10.0 Å². The highest BCUT2D eigenvalue weighted by Gasteiger charge is 2.01. The van der Waals surface area contributed by atoms with Crippen molar-refractivity contribution in [2.24, 2.45) is 0 Å². The van der Waals surface area contributed by atoms with E-state index in [9.17, 15) is 0 Å². The van der Waals surface area contributed by atoms with Gasteiger partial charge in [0.25, 0.3) is 0 Å². The number of aromatic nitrogens is 1. The first kappa shape index (κ1) is 10.7. The van der Waals surface area contributed by atoms with Crippen molar-refractivity contribution in [2.45, 2.75) is 6.61 Å². The number of ether oxygens (including phenoxy) is 1. The van der Waals surface area contributed by atoms with Gasteiger partial charge >= 0.3 is 0 Å². The zero-order valence-electron chi connectivity index (χ0n) is 7.54. The van der Waals surface area contributed by atoms with Gasteiger partial charge in [-0.1, -0.05) is 23.2 Å². The molecule has 77 valence electrons. The van der Waals surface area contributed by atoms with Crippen molar-refractivity contribution in [1.82, 2.24) is 4.98 Å². The predicted molar refractivity (Wildman–Crippen MR) is 61.7 cm³/mol. The summed E-state index contributed by atoms with van der Waals surface area (Å²) in [7, 11) is 0. The number of hydrogen-bond acceptors (Lipinski definition) is 3. The number of nitrogens with zero attached hydrogens (tertiary/aromatic N) is 1. The van der Waals surface area contributed by atoms with E-state index < -0.39 is 0 Å². The molecule has 0 saturated heterocycles. The molecule has 0 bridgehead atoms. The number of rotatable bonds is 3. The van der Waals surface area contributed by atoms with E-state index in [0.717, 1.165) is 5.69 Å². The second kappa shape index (κ2) is 4.84. The molecule has 1 aromatic carbocycles. The van der Waals surface area contributed by atoms with Crippen LogP contribution in [0.25, 0.3) is 0 Å². The molecule has 0 aliphatic heterocycles. The van der Waals surface area contributed by atoms with Crippen LogP contribution in [0.15, 0.2) is 23.6 Å². The van der Waals surface area contributed by atoms with E-state index in [2.05, 4.69) is 10.5 Å². The first-order valence-corrected chi connectivity index (χ1v) is 5.77. The molecule has 0 fully saturated rings. The van der Waals surface area contributed by atoms with E-state index in [1.54, 1.807) is 18.2 Å². The van der Waals surface area contributed by atoms with Crippen molar-refractivity contribution in [3.05, 3.63) is 44.8 Å². The van der Waals surface area contributed by atoms with Gasteiger partial charge in [0, 0.05) is 11.4 Å². The van der Waals surface area contributed by atoms with Gasteiger partial charge in [-0.15, -0.1) is 11.3 Å². The van der Waals surface area contributed by atoms with Crippen LogP contribution in [0.4, 0.5) is 0 Å². The molecular weight excluding hydrogens is 253 g/mol. The van der Waals surface area contributed by atoms with Crippen molar-refractivity contribution in [1.29, 1.82) is 0 Å². The van der Waals surface area contributed by atoms with Crippen molar-refractivity contribution in [3.63, 3.8) is 0 Å². The number of thiazole rings is 1. The van der Waals surface area contributed by atoms with Gasteiger partial charge in [0.15, 0.2) is 5.51 Å². The van der Waals surface area contributed by atoms with Crippen LogP contribution in [0.3, 0.4) is 0 Å². The van der Waals surface area contributed by atoms with Crippen LogP contribution in [0.5, 0.6) is 5.75 Å². The SMILES string of the molecule is Clc1ccc(OCc2cs[c]n2)cc1Cl. The van der Waals surface area contributed by atoms with E-state index >= 15 is 0 Å². The molecule has 2 aromatic rings. The Morgan fingerprint density at radius 2 is 2.20 bits per heavy atom. The lowest BCUT2D eigenvalue weighted by atomic mass is 10.3. The maximum atomic E-state index is 5.84. The molecule has 2 nitrogen and oxygen atoms in total. The molecule has 0 amide bonds. The van der Waals surface area contributed by atoms with Crippen molar-refractivity contribution >= 4 is 34.5 Å². The molecule has 2 rings (SSSR count). The highest BCUT2D eigenvalue weighted by Crippen LogP contribution is 2.26. The van der Waals surface area contributed by atoms with Crippen LogP contribution in [0, 0.1) is 5.51 Å². The average molecular weight is 259 g/mol. The van der Waals surface area contributed by atoms with E-state index in [0.29, 0.717) is 22.4 Å². The van der Waals surface area contributed by atoms with Crippen LogP contribution in [-0.2, 0) is 6.61 Å². The highest BCUT2D eigenvalue weighted by atomic mass is 35.5. The van der Waals surface area contributed by atoms with Crippen LogP contribution < -0.4 is 4.74 Å². The minimum absolute atomic E-state index is 0.415. The first-order valence-electron chi connectivity index (χ1n) is 4.14. The summed E-state index contributed by atoms with van der Waals surface area (Å²) in [6, 6.07) is 5.15. The van der Waals surface area contributed by atoms with Gasteiger partial charge in [-0.25, -0.2) is 4.98 Å². The monoisotopic (exact) mass is 258 g/mol. The summed E-state index contributed by atoms with van der Waals surface area (Å²) in [5, 5.41) is 2.89. The second-order valence-electron chi connectivity index (χ2n) is 2.79. The second-order valence-corrected chi connectivity index (χ2v) is 4.26. The fraction of sp³-hybridized carbons (Fsp3) is 0.100. The zero-order chi connectivity index (χ0) is 10.7. The lowest BCUT2D eigenvalue weighted by molar-refractivity contribution is 0.302. The van der Waals surface area contributed by atoms with Gasteiger partial charge in [0.1, 0.15) is 12.4 Å². The molecule has 0 saturated carbocycles. The molecule has 0 atom stereocenters. The van der Waals surface area contributed by atoms with Gasteiger partial charge in [0.05, 0.1) is 15.7 Å². The summed E-state index contributed by atoms with van der Waals surface area (Å²) in [4.78, 5) is 3.98. The van der Waals surface area contributed by atoms with Crippen LogP contribution in [-0.4, -0.2) is 4.98 Å². The zero-order valence-corrected chi connectivity index (χ0v) is 9.86. The minimum Gasteiger partial charge on any atom is -0.487 e. The van der Waals surface area contributed by atoms with E-state index in [4.69, 9.17) is 27.9 Å². The Morgan fingerprint density at radius 3 is 2.87 bits per heavy atom. The maximum Gasteiger partial charge on any atom is 0.152 e. The van der Waals surface area contributed by atoms with E-state index in [-0.39, 0.29) is 0 Å². The van der Waals surface area contributed by atoms with Gasteiger partial charge in [0.2, 0.25) is 0 Å². The van der Waals surface area contributed by atoms with Crippen molar-refractivity contribution in [3.8, 4) is 5.75 Å². The summed E-state index contributed by atoms with van der Waals surface area (Å²) in [5.74, 6) is 0.678. The summed E-state index contributed by atoms with van der Waals surface area (Å²) in [6.07, 6.45) is 0. The molecule has 1 aromatic heterocycles. The Labute approximate surface area is 101 Å². The summed E-state index contributed by atoms with van der Waals surface area (Å²) in [6.45, 7) is 0.415. The Morgan fingerprint density at radius 1 is 1.33 bits per heavy atom. The van der Waals surface area contributed by atoms with Crippen molar-refractivity contribution < 1.29 is 4.74 Å². The van der Waals surface area contributed by atoms with Gasteiger partial charge < -0.3 is 4.74 Å². The minimum atomic E-state index is 0.415. The topological polar surface area (TPSA) is 22.1 Å². The van der Waals surface area contributed by atoms with Gasteiger partial charge in [-0.05, 0) is 12.1 Å². The lowest BCUT2D eigenvalue weighted by Gasteiger charge is -2.04. The standard InChI is InChI=1S/C10H6Cl2NOS/c11-9-2-1-8(3-10(9)12)14-4-7-5-15-6-13-7/h1-3,5H,4H2. The van der Waals surface area contributed by atoms with Crippen LogP contribution >= 0.6 is 34.5 Å². The van der Waals surface area contributed by atoms with E-state index in [1.807, 2.05) is 5.38 Å². The van der Waals surface area contributed by atoms with E-state index in [1.165, 1.54) is 11.3 Å². The van der Waals surface area contributed by atoms with Gasteiger partial charge in [-0.2, -0.15) is 0 Å². The summed E-state index contributed by atoms with van der Waals surface area (Å²) in [5.41, 5.74) is 3.60. The fourth-order valence-corrected chi connectivity index (χ4v) is 1.76. The quantitative estimate of drug-likeness (QED) is 0.835. The Bertz CT molecular complexity index is 445. The number of benzene rings is 1. The molecule has 0 aliphatic rings. The normalized spacial score (nSPS) is 10.3. The summed E-state index contributed by atoms with van der Waals surface area (Å²) < 4.78 is 5.47. The molecule has 15 heavy (non-hydrogen) atoms. The molecule has 1 heterocycles. The predicted octanol–water partition coefficient (Wildman–Crippen LogP) is 3.83. The van der Waals surface area contributed by atoms with Crippen LogP contribution in [0.1, 0.15) is 5.69 Å². The van der Waals surface area contributed by atoms with Crippen molar-refractivity contribution in [2.75, 3.05) is 0 Å². The largest absolute Gasteiger partial charge is 0.487 e. The van der Waals surface area contributed by atoms with Gasteiger partial charge in [-0.3, -0.25) is 0 Å². The average Bonchev–Trinajstić information content (AvgIpc) is 2.73. The molecule has 0 aliphatic carbocycles. The third-order valence-electron chi connectivity index (χ3n) is 1.71. The first-order chi connectivity index (χ1) is 7.25. The smallest absolute Gasteiger partial charge is 0.152 e. The maximum absolute atomic E-state index is 5.84. The third kappa shape index (κ3) is 2.84. The summed E-state index contributed by atoms with van der Waals surface area (Å²) >= 11 is 13.0. The highest BCUT2D eigenvalue weighted by molar-refractivity contribution is 7.07. The Hall–Kier alpha value is -0.770. The Balaban J connectivity index is 2.02. The fourth-order valence-electron chi connectivity index (χ4n) is 0.996. The lowest BCUT2D eigenvalue weighted by Crippen LogP contribution is -1.95. The number of halogens is 2. The molecule has 0 N–H and O–H groups in total.